The molecule has 0 saturated carbocycles. The van der Waals surface area contributed by atoms with Crippen molar-refractivity contribution >= 4 is 27.7 Å². The molecule has 1 heterocycles. The van der Waals surface area contributed by atoms with Crippen LogP contribution in [0.2, 0.25) is 0 Å². The highest BCUT2D eigenvalue weighted by molar-refractivity contribution is 9.10. The molecule has 5 nitrogen and oxygen atoms in total. The molecule has 6 heteroatoms. The summed E-state index contributed by atoms with van der Waals surface area (Å²) in [6.07, 6.45) is 1.44. The predicted octanol–water partition coefficient (Wildman–Crippen LogP) is 0.939. The number of amides is 1. The van der Waals surface area contributed by atoms with Gasteiger partial charge in [0.2, 0.25) is 5.91 Å². The van der Waals surface area contributed by atoms with Crippen molar-refractivity contribution in [3.63, 3.8) is 0 Å². The van der Waals surface area contributed by atoms with Crippen molar-refractivity contribution in [3.8, 4) is 0 Å². The van der Waals surface area contributed by atoms with E-state index in [9.17, 15) is 4.79 Å². The first-order chi connectivity index (χ1) is 7.00. The molecule has 1 amide bonds. The largest absolute Gasteiger partial charge is 0.368 e. The molecule has 0 unspecified atom stereocenters. The molecule has 1 aromatic heterocycles. The van der Waals surface area contributed by atoms with E-state index in [1.165, 1.54) is 6.33 Å². The molecule has 15 heavy (non-hydrogen) atoms. The number of anilines is 1. The Labute approximate surface area is 96.8 Å². The highest BCUT2D eigenvalue weighted by atomic mass is 79.9. The highest BCUT2D eigenvalue weighted by Gasteiger charge is 2.14. The zero-order valence-corrected chi connectivity index (χ0v) is 10.2. The number of carbonyl (C=O) groups is 1. The lowest BCUT2D eigenvalue weighted by atomic mass is 10.3. The van der Waals surface area contributed by atoms with Gasteiger partial charge in [-0.1, -0.05) is 0 Å². The van der Waals surface area contributed by atoms with Gasteiger partial charge < -0.3 is 10.6 Å². The number of rotatable bonds is 4. The van der Waals surface area contributed by atoms with Crippen LogP contribution in [0.3, 0.4) is 0 Å². The van der Waals surface area contributed by atoms with E-state index in [0.717, 1.165) is 0 Å². The van der Waals surface area contributed by atoms with E-state index >= 15 is 0 Å². The van der Waals surface area contributed by atoms with E-state index in [4.69, 9.17) is 5.73 Å². The van der Waals surface area contributed by atoms with Crippen molar-refractivity contribution in [1.82, 2.24) is 9.97 Å². The molecule has 0 aromatic carbocycles. The average Bonchev–Trinajstić information content (AvgIpc) is 2.13. The Morgan fingerprint density at radius 2 is 2.27 bits per heavy atom. The zero-order chi connectivity index (χ0) is 11.4. The van der Waals surface area contributed by atoms with Crippen LogP contribution in [0.1, 0.15) is 13.8 Å². The van der Waals surface area contributed by atoms with Gasteiger partial charge in [0.1, 0.15) is 16.7 Å². The lowest BCUT2D eigenvalue weighted by Gasteiger charge is -2.26. The molecule has 0 aliphatic carbocycles. The van der Waals surface area contributed by atoms with E-state index in [1.54, 1.807) is 6.07 Å². The van der Waals surface area contributed by atoms with Crippen LogP contribution in [-0.4, -0.2) is 28.5 Å². The summed E-state index contributed by atoms with van der Waals surface area (Å²) in [6, 6.07) is 1.91. The average molecular weight is 273 g/mol. The number of carbonyl (C=O) groups excluding carboxylic acids is 1. The maximum absolute atomic E-state index is 10.9. The number of aromatic nitrogens is 2. The number of halogens is 1. The Hall–Kier alpha value is -1.17. The van der Waals surface area contributed by atoms with Crippen LogP contribution in [0.5, 0.6) is 0 Å². The van der Waals surface area contributed by atoms with Crippen LogP contribution in [-0.2, 0) is 4.79 Å². The van der Waals surface area contributed by atoms with Gasteiger partial charge in [-0.3, -0.25) is 4.79 Å². The summed E-state index contributed by atoms with van der Waals surface area (Å²) in [4.78, 5) is 20.7. The summed E-state index contributed by atoms with van der Waals surface area (Å²) in [5.41, 5.74) is 5.17. The molecule has 0 radical (unpaired) electrons. The molecule has 2 N–H and O–H groups in total. The number of hydrogen-bond donors (Lipinski definition) is 1. The first-order valence-electron chi connectivity index (χ1n) is 4.53. The second kappa shape index (κ2) is 5.06. The fourth-order valence-electron chi connectivity index (χ4n) is 1.18. The molecule has 0 bridgehead atoms. The Kier molecular flexibility index (Phi) is 4.02. The van der Waals surface area contributed by atoms with Crippen molar-refractivity contribution in [1.29, 1.82) is 0 Å². The normalized spacial score (nSPS) is 10.4. The molecule has 0 aliphatic heterocycles. The summed E-state index contributed by atoms with van der Waals surface area (Å²) >= 11 is 3.25. The molecular weight excluding hydrogens is 260 g/mol. The van der Waals surface area contributed by atoms with Gasteiger partial charge >= 0.3 is 0 Å². The van der Waals surface area contributed by atoms with E-state index in [2.05, 4.69) is 25.9 Å². The molecule has 82 valence electrons. The third-order valence-corrected chi connectivity index (χ3v) is 2.30. The molecule has 1 aromatic rings. The second-order valence-electron chi connectivity index (χ2n) is 3.39. The van der Waals surface area contributed by atoms with Crippen LogP contribution in [0, 0.1) is 0 Å². The summed E-state index contributed by atoms with van der Waals surface area (Å²) in [5, 5.41) is 0. The third-order valence-electron chi connectivity index (χ3n) is 1.86. The zero-order valence-electron chi connectivity index (χ0n) is 8.64. The Morgan fingerprint density at radius 1 is 1.60 bits per heavy atom. The Bertz CT molecular complexity index is 356. The van der Waals surface area contributed by atoms with Crippen molar-refractivity contribution in [2.24, 2.45) is 5.73 Å². The first kappa shape index (κ1) is 11.9. The third kappa shape index (κ3) is 3.47. The van der Waals surface area contributed by atoms with Gasteiger partial charge in [-0.05, 0) is 29.8 Å². The number of primary amides is 1. The first-order valence-corrected chi connectivity index (χ1v) is 5.32. The van der Waals surface area contributed by atoms with Crippen LogP contribution in [0.15, 0.2) is 17.0 Å². The van der Waals surface area contributed by atoms with Crippen LogP contribution in [0.4, 0.5) is 5.82 Å². The minimum absolute atomic E-state index is 0.152. The van der Waals surface area contributed by atoms with Crippen molar-refractivity contribution in [2.45, 2.75) is 19.9 Å². The fraction of sp³-hybridized carbons (Fsp3) is 0.444. The smallest absolute Gasteiger partial charge is 0.237 e. The SMILES string of the molecule is CC(C)N(CC(N)=O)c1cc(Br)ncn1. The maximum Gasteiger partial charge on any atom is 0.237 e. The number of nitrogens with two attached hydrogens (primary N) is 1. The van der Waals surface area contributed by atoms with Gasteiger partial charge in [-0.25, -0.2) is 9.97 Å². The van der Waals surface area contributed by atoms with E-state index in [1.807, 2.05) is 18.7 Å². The molecule has 0 aliphatic rings. The molecule has 0 atom stereocenters. The summed E-state index contributed by atoms with van der Waals surface area (Å²) in [6.45, 7) is 4.10. The van der Waals surface area contributed by atoms with E-state index in [-0.39, 0.29) is 18.5 Å². The van der Waals surface area contributed by atoms with Gasteiger partial charge in [-0.15, -0.1) is 0 Å². The minimum atomic E-state index is -0.376. The van der Waals surface area contributed by atoms with E-state index < -0.39 is 0 Å². The van der Waals surface area contributed by atoms with Crippen molar-refractivity contribution < 1.29 is 4.79 Å². The number of hydrogen-bond acceptors (Lipinski definition) is 4. The van der Waals surface area contributed by atoms with Gasteiger partial charge in [0.15, 0.2) is 0 Å². The van der Waals surface area contributed by atoms with Crippen LogP contribution >= 0.6 is 15.9 Å². The fourth-order valence-corrected chi connectivity index (χ4v) is 1.47. The lowest BCUT2D eigenvalue weighted by Crippen LogP contribution is -2.39. The second-order valence-corrected chi connectivity index (χ2v) is 4.20. The Morgan fingerprint density at radius 3 is 2.73 bits per heavy atom. The molecule has 1 rings (SSSR count). The summed E-state index contributed by atoms with van der Waals surface area (Å²) in [5.74, 6) is 0.309. The van der Waals surface area contributed by atoms with Crippen molar-refractivity contribution in [2.75, 3.05) is 11.4 Å². The highest BCUT2D eigenvalue weighted by Crippen LogP contribution is 2.16. The van der Waals surface area contributed by atoms with Gasteiger partial charge in [0, 0.05) is 12.1 Å². The van der Waals surface area contributed by atoms with Crippen LogP contribution in [0.25, 0.3) is 0 Å². The van der Waals surface area contributed by atoms with Gasteiger partial charge in [0.05, 0.1) is 6.54 Å². The maximum atomic E-state index is 10.9. The molecule has 0 fully saturated rings. The molecular formula is C9H13BrN4O. The predicted molar refractivity (Wildman–Crippen MR) is 61.4 cm³/mol. The summed E-state index contributed by atoms with van der Waals surface area (Å²) in [7, 11) is 0. The van der Waals surface area contributed by atoms with E-state index in [0.29, 0.717) is 10.4 Å². The quantitative estimate of drug-likeness (QED) is 0.829. The van der Waals surface area contributed by atoms with Crippen molar-refractivity contribution in [3.05, 3.63) is 17.0 Å². The van der Waals surface area contributed by atoms with Gasteiger partial charge in [0.25, 0.3) is 0 Å². The monoisotopic (exact) mass is 272 g/mol. The minimum Gasteiger partial charge on any atom is -0.368 e. The van der Waals surface area contributed by atoms with Crippen LogP contribution < -0.4 is 10.6 Å². The molecule has 0 saturated heterocycles. The number of nitrogens with zero attached hydrogens (tertiary/aromatic N) is 3. The van der Waals surface area contributed by atoms with Gasteiger partial charge in [-0.2, -0.15) is 0 Å². The standard InChI is InChI=1S/C9H13BrN4O/c1-6(2)14(4-8(11)15)9-3-7(10)12-5-13-9/h3,5-6H,4H2,1-2H3,(H2,11,15). The topological polar surface area (TPSA) is 72.1 Å². The lowest BCUT2D eigenvalue weighted by molar-refractivity contribution is -0.116. The summed E-state index contributed by atoms with van der Waals surface area (Å²) < 4.78 is 0.683. The molecule has 0 spiro atoms. The Balaban J connectivity index is 2.93.